The Morgan fingerprint density at radius 3 is 2.34 bits per heavy atom. The third-order valence-electron chi connectivity index (χ3n) is 4.73. The summed E-state index contributed by atoms with van der Waals surface area (Å²) in [5.74, 6) is 0.811. The predicted molar refractivity (Wildman–Crippen MR) is 115 cm³/mol. The van der Waals surface area contributed by atoms with E-state index in [2.05, 4.69) is 10.3 Å². The van der Waals surface area contributed by atoms with E-state index in [1.807, 2.05) is 66.7 Å². The van der Waals surface area contributed by atoms with Crippen LogP contribution in [0.25, 0.3) is 22.0 Å². The van der Waals surface area contributed by atoms with Crippen molar-refractivity contribution in [3.05, 3.63) is 84.6 Å². The van der Waals surface area contributed by atoms with Gasteiger partial charge in [0, 0.05) is 11.6 Å². The molecule has 0 saturated heterocycles. The second-order valence-corrected chi connectivity index (χ2v) is 6.45. The Morgan fingerprint density at radius 2 is 1.59 bits per heavy atom. The van der Waals surface area contributed by atoms with Crippen LogP contribution in [0.3, 0.4) is 0 Å². The van der Waals surface area contributed by atoms with Gasteiger partial charge in [0.1, 0.15) is 0 Å². The van der Waals surface area contributed by atoms with E-state index in [9.17, 15) is 4.79 Å². The highest BCUT2D eigenvalue weighted by atomic mass is 16.5. The summed E-state index contributed by atoms with van der Waals surface area (Å²) in [6, 6.07) is 22.8. The minimum atomic E-state index is -0.247. The third kappa shape index (κ3) is 3.62. The lowest BCUT2D eigenvalue weighted by Crippen LogP contribution is -2.14. The first kappa shape index (κ1) is 18.5. The summed E-state index contributed by atoms with van der Waals surface area (Å²) in [5, 5.41) is 3.96. The van der Waals surface area contributed by atoms with E-state index in [4.69, 9.17) is 9.47 Å². The van der Waals surface area contributed by atoms with Gasteiger partial charge in [-0.05, 0) is 35.4 Å². The van der Waals surface area contributed by atoms with Crippen molar-refractivity contribution in [1.82, 2.24) is 4.98 Å². The van der Waals surface area contributed by atoms with Crippen molar-refractivity contribution in [3.8, 4) is 22.6 Å². The number of nitrogens with one attached hydrogen (secondary N) is 1. The fraction of sp³-hybridized carbons (Fsp3) is 0.0833. The number of pyridine rings is 1. The molecule has 144 valence electrons. The fourth-order valence-corrected chi connectivity index (χ4v) is 3.32. The van der Waals surface area contributed by atoms with Crippen LogP contribution in [0.5, 0.6) is 11.5 Å². The maximum atomic E-state index is 13.3. The number of anilines is 1. The molecule has 0 radical (unpaired) electrons. The second kappa shape index (κ2) is 8.02. The van der Waals surface area contributed by atoms with E-state index >= 15 is 0 Å². The summed E-state index contributed by atoms with van der Waals surface area (Å²) in [6.45, 7) is 0. The van der Waals surface area contributed by atoms with Gasteiger partial charge in [-0.25, -0.2) is 0 Å². The topological polar surface area (TPSA) is 60.5 Å². The van der Waals surface area contributed by atoms with Crippen molar-refractivity contribution in [2.45, 2.75) is 0 Å². The molecule has 0 atom stereocenters. The van der Waals surface area contributed by atoms with Crippen molar-refractivity contribution in [1.29, 1.82) is 0 Å². The van der Waals surface area contributed by atoms with Crippen LogP contribution in [0.1, 0.15) is 10.4 Å². The number of fused-ring (bicyclic) bond motifs is 1. The maximum Gasteiger partial charge on any atom is 0.256 e. The van der Waals surface area contributed by atoms with Gasteiger partial charge in [-0.2, -0.15) is 0 Å². The number of methoxy groups -OCH3 is 2. The Morgan fingerprint density at radius 1 is 0.862 bits per heavy atom. The molecule has 0 unspecified atom stereocenters. The average molecular weight is 384 g/mol. The highest BCUT2D eigenvalue weighted by molar-refractivity contribution is 6.12. The minimum absolute atomic E-state index is 0.247. The number of amides is 1. The molecule has 0 aliphatic rings. The number of ether oxygens (including phenoxy) is 2. The highest BCUT2D eigenvalue weighted by Crippen LogP contribution is 2.36. The largest absolute Gasteiger partial charge is 0.493 e. The number of carbonyl (C=O) groups excluding carboxylic acids is 1. The normalized spacial score (nSPS) is 10.6. The Labute approximate surface area is 168 Å². The number of benzene rings is 3. The number of hydrogen-bond acceptors (Lipinski definition) is 4. The van der Waals surface area contributed by atoms with Crippen molar-refractivity contribution < 1.29 is 14.3 Å². The lowest BCUT2D eigenvalue weighted by atomic mass is 9.98. The van der Waals surface area contributed by atoms with Crippen LogP contribution in [0.15, 0.2) is 79.0 Å². The standard InChI is InChI=1S/C24H20N2O3/c1-28-21-14-18(16-8-4-3-5-9-16)19(15-22(21)29-2)24(27)26-20-12-6-10-17-11-7-13-25-23(17)20/h3-15H,1-2H3,(H,26,27). The molecular formula is C24H20N2O3. The van der Waals surface area contributed by atoms with Crippen molar-refractivity contribution in [2.75, 3.05) is 19.5 Å². The van der Waals surface area contributed by atoms with Gasteiger partial charge in [0.2, 0.25) is 0 Å². The molecule has 4 aromatic rings. The molecule has 0 fully saturated rings. The zero-order valence-electron chi connectivity index (χ0n) is 16.2. The second-order valence-electron chi connectivity index (χ2n) is 6.45. The molecule has 29 heavy (non-hydrogen) atoms. The maximum absolute atomic E-state index is 13.3. The molecule has 0 aliphatic carbocycles. The zero-order chi connectivity index (χ0) is 20.2. The van der Waals surface area contributed by atoms with Gasteiger partial charge in [0.15, 0.2) is 11.5 Å². The molecule has 0 aliphatic heterocycles. The molecule has 1 amide bonds. The van der Waals surface area contributed by atoms with Crippen LogP contribution < -0.4 is 14.8 Å². The molecule has 0 spiro atoms. The first-order valence-corrected chi connectivity index (χ1v) is 9.18. The number of nitrogens with zero attached hydrogens (tertiary/aromatic N) is 1. The minimum Gasteiger partial charge on any atom is -0.493 e. The number of para-hydroxylation sites is 1. The highest BCUT2D eigenvalue weighted by Gasteiger charge is 2.19. The van der Waals surface area contributed by atoms with Gasteiger partial charge in [0.25, 0.3) is 5.91 Å². The molecule has 5 heteroatoms. The molecule has 0 saturated carbocycles. The third-order valence-corrected chi connectivity index (χ3v) is 4.73. The average Bonchev–Trinajstić information content (AvgIpc) is 2.79. The molecule has 4 rings (SSSR count). The van der Waals surface area contributed by atoms with Crippen LogP contribution in [-0.4, -0.2) is 25.1 Å². The van der Waals surface area contributed by atoms with Crippen LogP contribution in [-0.2, 0) is 0 Å². The van der Waals surface area contributed by atoms with E-state index < -0.39 is 0 Å². The number of carbonyl (C=O) groups is 1. The van der Waals surface area contributed by atoms with E-state index in [-0.39, 0.29) is 5.91 Å². The number of rotatable bonds is 5. The van der Waals surface area contributed by atoms with Crippen LogP contribution in [0.2, 0.25) is 0 Å². The van der Waals surface area contributed by atoms with Gasteiger partial charge in [-0.3, -0.25) is 9.78 Å². The summed E-state index contributed by atoms with van der Waals surface area (Å²) in [6.07, 6.45) is 1.71. The summed E-state index contributed by atoms with van der Waals surface area (Å²) >= 11 is 0. The van der Waals surface area contributed by atoms with Crippen molar-refractivity contribution in [2.24, 2.45) is 0 Å². The summed E-state index contributed by atoms with van der Waals surface area (Å²) in [7, 11) is 3.13. The first-order valence-electron chi connectivity index (χ1n) is 9.18. The van der Waals surface area contributed by atoms with Crippen molar-refractivity contribution in [3.63, 3.8) is 0 Å². The van der Waals surface area contributed by atoms with Gasteiger partial charge in [-0.15, -0.1) is 0 Å². The number of aromatic nitrogens is 1. The Bertz CT molecular complexity index is 1170. The molecule has 5 nitrogen and oxygen atoms in total. The molecule has 0 bridgehead atoms. The van der Waals surface area contributed by atoms with Gasteiger partial charge >= 0.3 is 0 Å². The number of hydrogen-bond donors (Lipinski definition) is 1. The van der Waals surface area contributed by atoms with Crippen LogP contribution >= 0.6 is 0 Å². The molecule has 1 N–H and O–H groups in total. The quantitative estimate of drug-likeness (QED) is 0.516. The monoisotopic (exact) mass is 384 g/mol. The summed E-state index contributed by atoms with van der Waals surface area (Å²) in [4.78, 5) is 17.7. The fourth-order valence-electron chi connectivity index (χ4n) is 3.32. The molecular weight excluding hydrogens is 364 g/mol. The Balaban J connectivity index is 1.81. The molecule has 1 heterocycles. The lowest BCUT2D eigenvalue weighted by molar-refractivity contribution is 0.102. The molecule has 1 aromatic heterocycles. The smallest absolute Gasteiger partial charge is 0.256 e. The van der Waals surface area contributed by atoms with Crippen LogP contribution in [0.4, 0.5) is 5.69 Å². The molecule has 3 aromatic carbocycles. The van der Waals surface area contributed by atoms with Crippen molar-refractivity contribution >= 4 is 22.5 Å². The first-order chi connectivity index (χ1) is 14.2. The van der Waals surface area contributed by atoms with Gasteiger partial charge < -0.3 is 14.8 Å². The van der Waals surface area contributed by atoms with E-state index in [0.29, 0.717) is 22.7 Å². The van der Waals surface area contributed by atoms with E-state index in [0.717, 1.165) is 22.0 Å². The van der Waals surface area contributed by atoms with E-state index in [1.54, 1.807) is 26.5 Å². The summed E-state index contributed by atoms with van der Waals surface area (Å²) in [5.41, 5.74) is 3.55. The van der Waals surface area contributed by atoms with Gasteiger partial charge in [0.05, 0.1) is 31.0 Å². The Kier molecular flexibility index (Phi) is 5.12. The zero-order valence-corrected chi connectivity index (χ0v) is 16.2. The SMILES string of the molecule is COc1cc(C(=O)Nc2cccc3cccnc23)c(-c2ccccc2)cc1OC. The van der Waals surface area contributed by atoms with E-state index in [1.165, 1.54) is 0 Å². The van der Waals surface area contributed by atoms with Gasteiger partial charge in [-0.1, -0.05) is 48.5 Å². The van der Waals surface area contributed by atoms with Crippen LogP contribution in [0, 0.1) is 0 Å². The lowest BCUT2D eigenvalue weighted by Gasteiger charge is -2.16. The summed E-state index contributed by atoms with van der Waals surface area (Å²) < 4.78 is 10.9. The Hall–Kier alpha value is -3.86. The predicted octanol–water partition coefficient (Wildman–Crippen LogP) is 5.17.